The van der Waals surface area contributed by atoms with Gasteiger partial charge in [0.2, 0.25) is 0 Å². The third kappa shape index (κ3) is 5.45. The Morgan fingerprint density at radius 1 is 1.14 bits per heavy atom. The van der Waals surface area contributed by atoms with Crippen molar-refractivity contribution >= 4 is 29.7 Å². The molecule has 1 amide bonds. The smallest absolute Gasteiger partial charge is 0.255 e. The Bertz CT molecular complexity index is 893. The average Bonchev–Trinajstić information content (AvgIpc) is 3.42. The van der Waals surface area contributed by atoms with Crippen molar-refractivity contribution in [2.45, 2.75) is 6.42 Å². The average molecular weight is 433 g/mol. The van der Waals surface area contributed by atoms with Crippen LogP contribution in [0.4, 0.5) is 0 Å². The SMILES string of the molecule is Cl.O=C(NCCCN1CCOCC1)c1cn(-c2ccccc2)nc1-c1cccs1. The minimum atomic E-state index is -0.0763. The number of hydrogen-bond donors (Lipinski definition) is 1. The van der Waals surface area contributed by atoms with Crippen LogP contribution in [-0.4, -0.2) is 60.0 Å². The number of rotatable bonds is 7. The predicted octanol–water partition coefficient (Wildman–Crippen LogP) is 3.47. The number of nitrogens with zero attached hydrogens (tertiary/aromatic N) is 3. The molecule has 3 aromatic rings. The number of nitrogens with one attached hydrogen (secondary N) is 1. The van der Waals surface area contributed by atoms with Crippen LogP contribution in [0.1, 0.15) is 16.8 Å². The molecule has 1 saturated heterocycles. The minimum Gasteiger partial charge on any atom is -0.379 e. The van der Waals surface area contributed by atoms with Crippen molar-refractivity contribution in [3.63, 3.8) is 0 Å². The van der Waals surface area contributed by atoms with Gasteiger partial charge < -0.3 is 10.1 Å². The largest absolute Gasteiger partial charge is 0.379 e. The van der Waals surface area contributed by atoms with Crippen molar-refractivity contribution in [3.8, 4) is 16.3 Å². The van der Waals surface area contributed by atoms with E-state index in [9.17, 15) is 4.79 Å². The molecule has 1 N–H and O–H groups in total. The summed E-state index contributed by atoms with van der Waals surface area (Å²) in [5.74, 6) is -0.0763. The monoisotopic (exact) mass is 432 g/mol. The van der Waals surface area contributed by atoms with Gasteiger partial charge in [0.25, 0.3) is 5.91 Å². The normalized spacial score (nSPS) is 14.3. The van der Waals surface area contributed by atoms with Gasteiger partial charge >= 0.3 is 0 Å². The minimum absolute atomic E-state index is 0. The number of morpholine rings is 1. The van der Waals surface area contributed by atoms with Gasteiger partial charge in [-0.15, -0.1) is 23.7 Å². The predicted molar refractivity (Wildman–Crippen MR) is 118 cm³/mol. The fourth-order valence-corrected chi connectivity index (χ4v) is 4.00. The second-order valence-electron chi connectivity index (χ2n) is 6.71. The number of amides is 1. The van der Waals surface area contributed by atoms with Gasteiger partial charge in [-0.2, -0.15) is 5.10 Å². The third-order valence-electron chi connectivity index (χ3n) is 4.77. The summed E-state index contributed by atoms with van der Waals surface area (Å²) in [6.07, 6.45) is 2.74. The highest BCUT2D eigenvalue weighted by molar-refractivity contribution is 7.13. The Balaban J connectivity index is 0.00000240. The molecule has 29 heavy (non-hydrogen) atoms. The summed E-state index contributed by atoms with van der Waals surface area (Å²) in [5, 5.41) is 9.75. The Morgan fingerprint density at radius 2 is 1.93 bits per heavy atom. The molecule has 6 nitrogen and oxygen atoms in total. The fourth-order valence-electron chi connectivity index (χ4n) is 3.27. The van der Waals surface area contributed by atoms with Crippen molar-refractivity contribution < 1.29 is 9.53 Å². The molecule has 0 unspecified atom stereocenters. The Morgan fingerprint density at radius 3 is 2.66 bits per heavy atom. The lowest BCUT2D eigenvalue weighted by Crippen LogP contribution is -2.38. The van der Waals surface area contributed by atoms with E-state index < -0.39 is 0 Å². The molecule has 0 radical (unpaired) electrons. The summed E-state index contributed by atoms with van der Waals surface area (Å²) in [4.78, 5) is 16.2. The van der Waals surface area contributed by atoms with Crippen LogP contribution in [0.2, 0.25) is 0 Å². The molecule has 1 fully saturated rings. The zero-order chi connectivity index (χ0) is 19.2. The van der Waals surface area contributed by atoms with Crippen LogP contribution < -0.4 is 5.32 Å². The summed E-state index contributed by atoms with van der Waals surface area (Å²) < 4.78 is 7.15. The number of ether oxygens (including phenoxy) is 1. The first-order chi connectivity index (χ1) is 13.8. The van der Waals surface area contributed by atoms with E-state index in [1.165, 1.54) is 0 Å². The molecule has 3 heterocycles. The summed E-state index contributed by atoms with van der Waals surface area (Å²) in [5.41, 5.74) is 2.27. The molecule has 0 aliphatic carbocycles. The maximum absolute atomic E-state index is 12.9. The van der Waals surface area contributed by atoms with Gasteiger partial charge in [-0.25, -0.2) is 4.68 Å². The van der Waals surface area contributed by atoms with Crippen molar-refractivity contribution in [2.75, 3.05) is 39.4 Å². The highest BCUT2D eigenvalue weighted by atomic mass is 35.5. The number of thiophene rings is 1. The van der Waals surface area contributed by atoms with Gasteiger partial charge in [-0.3, -0.25) is 9.69 Å². The number of carbonyl (C=O) groups is 1. The Labute approximate surface area is 180 Å². The van der Waals surface area contributed by atoms with Gasteiger partial charge in [0.1, 0.15) is 5.69 Å². The van der Waals surface area contributed by atoms with Crippen LogP contribution in [0.5, 0.6) is 0 Å². The van der Waals surface area contributed by atoms with Crippen LogP contribution in [0, 0.1) is 0 Å². The summed E-state index contributed by atoms with van der Waals surface area (Å²) in [6.45, 7) is 5.17. The van der Waals surface area contributed by atoms with Gasteiger partial charge in [0, 0.05) is 25.8 Å². The molecular formula is C21H25ClN4O2S. The van der Waals surface area contributed by atoms with Crippen LogP contribution in [0.3, 0.4) is 0 Å². The molecule has 2 aromatic heterocycles. The molecule has 0 atom stereocenters. The Kier molecular flexibility index (Phi) is 7.83. The molecular weight excluding hydrogens is 408 g/mol. The van der Waals surface area contributed by atoms with E-state index in [0.29, 0.717) is 12.1 Å². The second-order valence-corrected chi connectivity index (χ2v) is 7.66. The molecule has 154 valence electrons. The fraction of sp³-hybridized carbons (Fsp3) is 0.333. The van der Waals surface area contributed by atoms with Crippen LogP contribution in [0.25, 0.3) is 16.3 Å². The number of benzene rings is 1. The molecule has 0 spiro atoms. The number of aromatic nitrogens is 2. The van der Waals surface area contributed by atoms with Crippen LogP contribution in [0.15, 0.2) is 54.0 Å². The zero-order valence-electron chi connectivity index (χ0n) is 16.1. The standard InChI is InChI=1S/C21H24N4O2S.ClH/c26-21(22-9-5-10-24-11-13-27-14-12-24)18-16-25(17-6-2-1-3-7-17)23-20(18)19-8-4-15-28-19;/h1-4,6-8,15-16H,5,9-14H2,(H,22,26);1H. The van der Waals surface area contributed by atoms with Crippen LogP contribution in [-0.2, 0) is 4.74 Å². The lowest BCUT2D eigenvalue weighted by molar-refractivity contribution is 0.0374. The quantitative estimate of drug-likeness (QED) is 0.581. The first-order valence-corrected chi connectivity index (χ1v) is 10.5. The van der Waals surface area contributed by atoms with E-state index in [4.69, 9.17) is 4.74 Å². The maximum atomic E-state index is 12.9. The zero-order valence-corrected chi connectivity index (χ0v) is 17.8. The van der Waals surface area contributed by atoms with Crippen molar-refractivity contribution in [1.29, 1.82) is 0 Å². The first kappa shape index (κ1) is 21.5. The van der Waals surface area contributed by atoms with E-state index >= 15 is 0 Å². The lowest BCUT2D eigenvalue weighted by atomic mass is 10.2. The van der Waals surface area contributed by atoms with E-state index in [1.807, 2.05) is 54.0 Å². The summed E-state index contributed by atoms with van der Waals surface area (Å²) in [7, 11) is 0. The number of para-hydroxylation sites is 1. The van der Waals surface area contributed by atoms with Crippen molar-refractivity contribution in [1.82, 2.24) is 20.0 Å². The topological polar surface area (TPSA) is 59.4 Å². The molecule has 0 bridgehead atoms. The number of hydrogen-bond acceptors (Lipinski definition) is 5. The van der Waals surface area contributed by atoms with Crippen LogP contribution >= 0.6 is 23.7 Å². The number of halogens is 1. The van der Waals surface area contributed by atoms with Crippen molar-refractivity contribution in [2.24, 2.45) is 0 Å². The maximum Gasteiger partial charge on any atom is 0.255 e. The lowest BCUT2D eigenvalue weighted by Gasteiger charge is -2.26. The van der Waals surface area contributed by atoms with Crippen molar-refractivity contribution in [3.05, 3.63) is 59.6 Å². The molecule has 1 aromatic carbocycles. The molecule has 1 aliphatic heterocycles. The highest BCUT2D eigenvalue weighted by Gasteiger charge is 2.19. The van der Waals surface area contributed by atoms with E-state index in [0.717, 1.165) is 55.5 Å². The van der Waals surface area contributed by atoms with Gasteiger partial charge in [0.05, 0.1) is 29.3 Å². The van der Waals surface area contributed by atoms with Gasteiger partial charge in [-0.05, 0) is 36.5 Å². The van der Waals surface area contributed by atoms with E-state index in [2.05, 4.69) is 15.3 Å². The molecule has 4 rings (SSSR count). The summed E-state index contributed by atoms with van der Waals surface area (Å²) >= 11 is 1.59. The molecule has 0 saturated carbocycles. The first-order valence-electron chi connectivity index (χ1n) is 9.58. The molecule has 1 aliphatic rings. The van der Waals surface area contributed by atoms with Gasteiger partial charge in [-0.1, -0.05) is 24.3 Å². The third-order valence-corrected chi connectivity index (χ3v) is 5.65. The Hall–Kier alpha value is -2.19. The number of carbonyl (C=O) groups excluding carboxylic acids is 1. The van der Waals surface area contributed by atoms with Gasteiger partial charge in [0.15, 0.2) is 0 Å². The summed E-state index contributed by atoms with van der Waals surface area (Å²) in [6, 6.07) is 13.8. The van der Waals surface area contributed by atoms with E-state index in [-0.39, 0.29) is 18.3 Å². The second kappa shape index (κ2) is 10.5. The highest BCUT2D eigenvalue weighted by Crippen LogP contribution is 2.27. The van der Waals surface area contributed by atoms with E-state index in [1.54, 1.807) is 16.0 Å². The molecule has 8 heteroatoms.